The molecule has 8 heteroatoms. The van der Waals surface area contributed by atoms with Gasteiger partial charge in [0.2, 0.25) is 0 Å². The molecule has 1 fully saturated rings. The van der Waals surface area contributed by atoms with Crippen LogP contribution in [-0.4, -0.2) is 54.5 Å². The van der Waals surface area contributed by atoms with Gasteiger partial charge in [0.05, 0.1) is 5.56 Å². The van der Waals surface area contributed by atoms with Crippen LogP contribution in [0, 0.1) is 0 Å². The minimum absolute atomic E-state index is 0.207. The van der Waals surface area contributed by atoms with E-state index in [1.54, 1.807) is 23.1 Å². The molecule has 28 heavy (non-hydrogen) atoms. The normalized spacial score (nSPS) is 14.3. The van der Waals surface area contributed by atoms with E-state index in [0.717, 1.165) is 5.69 Å². The molecule has 2 heterocycles. The molecule has 0 saturated carbocycles. The van der Waals surface area contributed by atoms with E-state index in [1.165, 1.54) is 6.39 Å². The van der Waals surface area contributed by atoms with E-state index in [1.807, 2.05) is 24.3 Å². The molecule has 1 aromatic heterocycles. The van der Waals surface area contributed by atoms with Crippen LogP contribution >= 0.6 is 11.6 Å². The monoisotopic (exact) mass is 399 g/mol. The number of fused-ring (bicyclic) bond motifs is 1. The van der Waals surface area contributed by atoms with Crippen molar-refractivity contribution in [2.75, 3.05) is 37.7 Å². The van der Waals surface area contributed by atoms with Crippen molar-refractivity contribution in [2.24, 2.45) is 0 Å². The van der Waals surface area contributed by atoms with Crippen LogP contribution in [-0.2, 0) is 9.53 Å². The van der Waals surface area contributed by atoms with Gasteiger partial charge in [-0.2, -0.15) is 0 Å². The highest BCUT2D eigenvalue weighted by Crippen LogP contribution is 2.21. The number of rotatable bonds is 4. The Balaban J connectivity index is 1.29. The summed E-state index contributed by atoms with van der Waals surface area (Å²) in [5, 5.41) is 0.687. The average Bonchev–Trinajstić information content (AvgIpc) is 3.20. The predicted molar refractivity (Wildman–Crippen MR) is 105 cm³/mol. The van der Waals surface area contributed by atoms with E-state index in [4.69, 9.17) is 20.8 Å². The van der Waals surface area contributed by atoms with Gasteiger partial charge in [0.15, 0.2) is 18.6 Å². The van der Waals surface area contributed by atoms with Crippen LogP contribution < -0.4 is 4.90 Å². The van der Waals surface area contributed by atoms with Crippen molar-refractivity contribution in [3.63, 3.8) is 0 Å². The molecule has 1 aliphatic rings. The van der Waals surface area contributed by atoms with E-state index in [-0.39, 0.29) is 12.5 Å². The Morgan fingerprint density at radius 3 is 2.71 bits per heavy atom. The summed E-state index contributed by atoms with van der Waals surface area (Å²) >= 11 is 6.04. The number of carbonyl (C=O) groups is 2. The molecule has 2 aromatic carbocycles. The van der Waals surface area contributed by atoms with Crippen molar-refractivity contribution in [3.05, 3.63) is 59.4 Å². The fourth-order valence-corrected chi connectivity index (χ4v) is 3.36. The number of aromatic nitrogens is 1. The molecule has 1 amide bonds. The second kappa shape index (κ2) is 7.90. The fourth-order valence-electron chi connectivity index (χ4n) is 3.17. The van der Waals surface area contributed by atoms with Crippen LogP contribution in [0.15, 0.2) is 53.3 Å². The maximum absolute atomic E-state index is 12.4. The van der Waals surface area contributed by atoms with Crippen LogP contribution in [0.25, 0.3) is 11.1 Å². The van der Waals surface area contributed by atoms with Gasteiger partial charge in [-0.05, 0) is 36.4 Å². The number of oxazole rings is 1. The molecule has 3 aromatic rings. The van der Waals surface area contributed by atoms with Gasteiger partial charge in [-0.25, -0.2) is 9.78 Å². The highest BCUT2D eigenvalue weighted by Gasteiger charge is 2.22. The zero-order chi connectivity index (χ0) is 19.5. The number of benzene rings is 2. The van der Waals surface area contributed by atoms with E-state index >= 15 is 0 Å². The van der Waals surface area contributed by atoms with Crippen molar-refractivity contribution in [2.45, 2.75) is 0 Å². The quantitative estimate of drug-likeness (QED) is 0.628. The minimum Gasteiger partial charge on any atom is -0.452 e. The number of hydrogen-bond donors (Lipinski definition) is 0. The van der Waals surface area contributed by atoms with Gasteiger partial charge < -0.3 is 19.0 Å². The summed E-state index contributed by atoms with van der Waals surface area (Å²) in [4.78, 5) is 32.5. The second-order valence-corrected chi connectivity index (χ2v) is 6.90. The lowest BCUT2D eigenvalue weighted by molar-refractivity contribution is -0.134. The van der Waals surface area contributed by atoms with Gasteiger partial charge in [0.1, 0.15) is 5.52 Å². The van der Waals surface area contributed by atoms with Crippen molar-refractivity contribution in [1.82, 2.24) is 9.88 Å². The van der Waals surface area contributed by atoms with Crippen LogP contribution in [0.2, 0.25) is 5.02 Å². The summed E-state index contributed by atoms with van der Waals surface area (Å²) in [5.41, 5.74) is 2.53. The standard InChI is InChI=1S/C20H18ClN3O4/c21-15-2-1-3-16(11-15)23-6-8-24(9-7-23)19(25)12-27-20(26)14-4-5-18-17(10-14)22-13-28-18/h1-5,10-11,13H,6-9,12H2. The number of nitrogens with zero attached hydrogens (tertiary/aromatic N) is 3. The predicted octanol–water partition coefficient (Wildman–Crippen LogP) is 2.99. The van der Waals surface area contributed by atoms with Crippen LogP contribution in [0.5, 0.6) is 0 Å². The molecule has 0 bridgehead atoms. The topological polar surface area (TPSA) is 75.9 Å². The van der Waals surface area contributed by atoms with Crippen molar-refractivity contribution in [3.8, 4) is 0 Å². The van der Waals surface area contributed by atoms with Crippen LogP contribution in [0.1, 0.15) is 10.4 Å². The first-order valence-corrected chi connectivity index (χ1v) is 9.26. The molecule has 0 radical (unpaired) electrons. The lowest BCUT2D eigenvalue weighted by atomic mass is 10.2. The fraction of sp³-hybridized carbons (Fsp3) is 0.250. The number of carbonyl (C=O) groups excluding carboxylic acids is 2. The van der Waals surface area contributed by atoms with Crippen LogP contribution in [0.3, 0.4) is 0 Å². The third-order valence-electron chi connectivity index (χ3n) is 4.70. The first-order valence-electron chi connectivity index (χ1n) is 8.89. The smallest absolute Gasteiger partial charge is 0.338 e. The van der Waals surface area contributed by atoms with E-state index < -0.39 is 5.97 Å². The van der Waals surface area contributed by atoms with E-state index in [2.05, 4.69) is 9.88 Å². The molecule has 7 nitrogen and oxygen atoms in total. The van der Waals surface area contributed by atoms with Gasteiger partial charge >= 0.3 is 5.97 Å². The number of ether oxygens (including phenoxy) is 1. The Hall–Kier alpha value is -3.06. The summed E-state index contributed by atoms with van der Waals surface area (Å²) in [6.45, 7) is 2.24. The zero-order valence-corrected chi connectivity index (χ0v) is 15.8. The van der Waals surface area contributed by atoms with Crippen molar-refractivity contribution >= 4 is 40.3 Å². The summed E-state index contributed by atoms with van der Waals surface area (Å²) in [6.07, 6.45) is 1.31. The number of anilines is 1. The summed E-state index contributed by atoms with van der Waals surface area (Å²) < 4.78 is 10.3. The highest BCUT2D eigenvalue weighted by molar-refractivity contribution is 6.30. The third kappa shape index (κ3) is 3.94. The van der Waals surface area contributed by atoms with Gasteiger partial charge in [-0.3, -0.25) is 4.79 Å². The van der Waals surface area contributed by atoms with E-state index in [9.17, 15) is 9.59 Å². The highest BCUT2D eigenvalue weighted by atomic mass is 35.5. The maximum Gasteiger partial charge on any atom is 0.338 e. The largest absolute Gasteiger partial charge is 0.452 e. The molecule has 0 spiro atoms. The van der Waals surface area contributed by atoms with Gasteiger partial charge in [0, 0.05) is 36.9 Å². The first kappa shape index (κ1) is 18.3. The summed E-state index contributed by atoms with van der Waals surface area (Å²) in [6, 6.07) is 12.5. The molecule has 0 N–H and O–H groups in total. The molecular formula is C20H18ClN3O4. The molecule has 0 unspecified atom stereocenters. The minimum atomic E-state index is -0.559. The third-order valence-corrected chi connectivity index (χ3v) is 4.93. The van der Waals surface area contributed by atoms with Crippen LogP contribution in [0.4, 0.5) is 5.69 Å². The van der Waals surface area contributed by atoms with Gasteiger partial charge in [0.25, 0.3) is 5.91 Å². The molecule has 144 valence electrons. The molecule has 1 saturated heterocycles. The SMILES string of the molecule is O=C(OCC(=O)N1CCN(c2cccc(Cl)c2)CC1)c1ccc2ocnc2c1. The maximum atomic E-state index is 12.4. The molecule has 1 aliphatic heterocycles. The van der Waals surface area contributed by atoms with Gasteiger partial charge in [-0.15, -0.1) is 0 Å². The Kier molecular flexibility index (Phi) is 5.16. The van der Waals surface area contributed by atoms with Crippen molar-refractivity contribution < 1.29 is 18.7 Å². The Morgan fingerprint density at radius 2 is 1.93 bits per heavy atom. The Labute approximate surface area is 166 Å². The summed E-state index contributed by atoms with van der Waals surface area (Å²) in [7, 11) is 0. The number of hydrogen-bond acceptors (Lipinski definition) is 6. The lowest BCUT2D eigenvalue weighted by Crippen LogP contribution is -2.49. The average molecular weight is 400 g/mol. The molecular weight excluding hydrogens is 382 g/mol. The molecule has 4 rings (SSSR count). The Morgan fingerprint density at radius 1 is 1.11 bits per heavy atom. The van der Waals surface area contributed by atoms with E-state index in [0.29, 0.717) is 47.9 Å². The second-order valence-electron chi connectivity index (χ2n) is 6.46. The number of halogens is 1. The Bertz CT molecular complexity index is 1010. The lowest BCUT2D eigenvalue weighted by Gasteiger charge is -2.36. The van der Waals surface area contributed by atoms with Crippen molar-refractivity contribution in [1.29, 1.82) is 0 Å². The number of piperazine rings is 1. The number of amides is 1. The molecule has 0 atom stereocenters. The zero-order valence-electron chi connectivity index (χ0n) is 15.0. The van der Waals surface area contributed by atoms with Gasteiger partial charge in [-0.1, -0.05) is 17.7 Å². The molecule has 0 aliphatic carbocycles. The first-order chi connectivity index (χ1) is 13.6. The number of esters is 1. The summed E-state index contributed by atoms with van der Waals surface area (Å²) in [5.74, 6) is -0.766.